The Bertz CT molecular complexity index is 1080. The van der Waals surface area contributed by atoms with Gasteiger partial charge < -0.3 is 15.0 Å². The summed E-state index contributed by atoms with van der Waals surface area (Å²) in [6.45, 7) is 3.77. The molecule has 1 heterocycles. The van der Waals surface area contributed by atoms with Gasteiger partial charge in [-0.1, -0.05) is 55.4 Å². The standard InChI is InChI=1S/C24H33BrN4O4S/c1-14(2)21(28-24(32)33-3)23(31)29(34)19-9-5-4-7-15(19)8-6-10-20-26-18-13-16(25)11-12-17(18)22(30)27-20/h11-15,19,21,34H,4-10H2,1-3H3,(H,28,32)(H,26,27,30)/t15?,19-,21-/m0/s1. The fourth-order valence-corrected chi connectivity index (χ4v) is 5.44. The van der Waals surface area contributed by atoms with E-state index in [9.17, 15) is 14.4 Å². The maximum absolute atomic E-state index is 13.2. The predicted molar refractivity (Wildman–Crippen MR) is 139 cm³/mol. The van der Waals surface area contributed by atoms with Crippen molar-refractivity contribution in [1.82, 2.24) is 19.6 Å². The zero-order valence-electron chi connectivity index (χ0n) is 19.8. The van der Waals surface area contributed by atoms with Gasteiger partial charge in [-0.25, -0.2) is 9.78 Å². The molecule has 2 amide bonds. The zero-order chi connectivity index (χ0) is 24.8. The van der Waals surface area contributed by atoms with Crippen molar-refractivity contribution in [1.29, 1.82) is 0 Å². The number of nitrogens with one attached hydrogen (secondary N) is 2. The fraction of sp³-hybridized carbons (Fsp3) is 0.583. The van der Waals surface area contributed by atoms with Crippen LogP contribution in [0.25, 0.3) is 10.9 Å². The minimum atomic E-state index is -0.696. The summed E-state index contributed by atoms with van der Waals surface area (Å²) in [5, 5.41) is 3.22. The number of hydrogen-bond acceptors (Lipinski definition) is 6. The van der Waals surface area contributed by atoms with Crippen LogP contribution in [0.3, 0.4) is 0 Å². The lowest BCUT2D eigenvalue weighted by Gasteiger charge is -2.39. The summed E-state index contributed by atoms with van der Waals surface area (Å²) in [7, 11) is 1.28. The second-order valence-corrected chi connectivity index (χ2v) is 10.6. The molecule has 8 nitrogen and oxygen atoms in total. The van der Waals surface area contributed by atoms with E-state index in [1.807, 2.05) is 26.0 Å². The maximum atomic E-state index is 13.2. The summed E-state index contributed by atoms with van der Waals surface area (Å²) in [5.74, 6) is 0.650. The quantitative estimate of drug-likeness (QED) is 0.414. The number of halogens is 1. The number of carbonyl (C=O) groups is 2. The van der Waals surface area contributed by atoms with Crippen LogP contribution in [0.2, 0.25) is 0 Å². The van der Waals surface area contributed by atoms with Crippen LogP contribution in [0.4, 0.5) is 4.79 Å². The third-order valence-electron chi connectivity index (χ3n) is 6.51. The Morgan fingerprint density at radius 3 is 2.76 bits per heavy atom. The summed E-state index contributed by atoms with van der Waals surface area (Å²) in [5.41, 5.74) is 0.543. The molecule has 10 heteroatoms. The third-order valence-corrected chi connectivity index (χ3v) is 7.49. The summed E-state index contributed by atoms with van der Waals surface area (Å²) in [6, 6.07) is 4.74. The van der Waals surface area contributed by atoms with Gasteiger partial charge in [0.05, 0.1) is 18.0 Å². The van der Waals surface area contributed by atoms with Crippen molar-refractivity contribution < 1.29 is 14.3 Å². The lowest BCUT2D eigenvalue weighted by Crippen LogP contribution is -2.52. The van der Waals surface area contributed by atoms with Crippen molar-refractivity contribution in [3.8, 4) is 0 Å². The van der Waals surface area contributed by atoms with Crippen molar-refractivity contribution in [3.63, 3.8) is 0 Å². The second-order valence-electron chi connectivity index (χ2n) is 9.22. The van der Waals surface area contributed by atoms with Gasteiger partial charge in [0.1, 0.15) is 11.9 Å². The highest BCUT2D eigenvalue weighted by Gasteiger charge is 2.36. The molecule has 0 aliphatic heterocycles. The van der Waals surface area contributed by atoms with Crippen LogP contribution >= 0.6 is 28.7 Å². The second kappa shape index (κ2) is 12.1. The Hall–Kier alpha value is -2.07. The van der Waals surface area contributed by atoms with E-state index in [1.165, 1.54) is 11.4 Å². The lowest BCUT2D eigenvalue weighted by molar-refractivity contribution is -0.131. The minimum Gasteiger partial charge on any atom is -0.453 e. The molecule has 3 atom stereocenters. The number of nitrogens with zero attached hydrogens (tertiary/aromatic N) is 2. The van der Waals surface area contributed by atoms with Crippen molar-refractivity contribution >= 4 is 51.6 Å². The number of alkyl carbamates (subject to hydrolysis) is 1. The van der Waals surface area contributed by atoms with Gasteiger partial charge in [-0.05, 0) is 55.7 Å². The zero-order valence-corrected chi connectivity index (χ0v) is 22.3. The molecule has 1 aliphatic carbocycles. The average Bonchev–Trinajstić information content (AvgIpc) is 2.81. The molecule has 34 heavy (non-hydrogen) atoms. The summed E-state index contributed by atoms with van der Waals surface area (Å²) in [4.78, 5) is 44.8. The Balaban J connectivity index is 1.65. The molecule has 1 aromatic heterocycles. The summed E-state index contributed by atoms with van der Waals surface area (Å²) >= 11 is 8.03. The number of hydrogen-bond donors (Lipinski definition) is 3. The molecular weight excluding hydrogens is 520 g/mol. The number of aromatic amines is 1. The highest BCUT2D eigenvalue weighted by Crippen LogP contribution is 2.33. The molecule has 1 unspecified atom stereocenters. The number of aryl methyl sites for hydroxylation is 1. The van der Waals surface area contributed by atoms with Gasteiger partial charge in [0, 0.05) is 16.9 Å². The number of H-pyrrole nitrogens is 1. The van der Waals surface area contributed by atoms with E-state index in [0.29, 0.717) is 29.1 Å². The molecule has 1 fully saturated rings. The molecule has 1 aromatic carbocycles. The van der Waals surface area contributed by atoms with Crippen molar-refractivity contribution in [2.75, 3.05) is 7.11 Å². The number of carbonyl (C=O) groups excluding carboxylic acids is 2. The Labute approximate surface area is 213 Å². The average molecular weight is 554 g/mol. The predicted octanol–water partition coefficient (Wildman–Crippen LogP) is 4.62. The van der Waals surface area contributed by atoms with Gasteiger partial charge in [-0.3, -0.25) is 13.9 Å². The molecular formula is C24H33BrN4O4S. The fourth-order valence-electron chi connectivity index (χ4n) is 4.66. The van der Waals surface area contributed by atoms with Crippen LogP contribution in [0, 0.1) is 11.8 Å². The first-order valence-corrected chi connectivity index (χ1v) is 13.0. The Kier molecular flexibility index (Phi) is 9.41. The minimum absolute atomic E-state index is 0.00940. The molecule has 0 spiro atoms. The molecule has 186 valence electrons. The van der Waals surface area contributed by atoms with Crippen LogP contribution < -0.4 is 10.9 Å². The van der Waals surface area contributed by atoms with Crippen molar-refractivity contribution in [3.05, 3.63) is 38.9 Å². The smallest absolute Gasteiger partial charge is 0.407 e. The van der Waals surface area contributed by atoms with Gasteiger partial charge in [0.25, 0.3) is 11.5 Å². The summed E-state index contributed by atoms with van der Waals surface area (Å²) < 4.78 is 7.09. The van der Waals surface area contributed by atoms with Crippen LogP contribution in [-0.2, 0) is 16.0 Å². The molecule has 3 rings (SSSR count). The number of thiol groups is 1. The van der Waals surface area contributed by atoms with E-state index in [2.05, 4.69) is 48.8 Å². The normalized spacial score (nSPS) is 19.1. The first kappa shape index (κ1) is 26.5. The SMILES string of the molecule is COC(=O)N[C@H](C(=O)N(S)[C@H]1CCCCC1CCCc1nc2cc(Br)ccc2c(=O)[nH]1)C(C)C. The molecule has 0 saturated heterocycles. The molecule has 2 aromatic rings. The van der Waals surface area contributed by atoms with Crippen LogP contribution in [0.1, 0.15) is 58.2 Å². The Morgan fingerprint density at radius 1 is 1.32 bits per heavy atom. The first-order chi connectivity index (χ1) is 16.2. The lowest BCUT2D eigenvalue weighted by atomic mass is 9.81. The van der Waals surface area contributed by atoms with E-state index >= 15 is 0 Å². The molecule has 1 saturated carbocycles. The molecule has 0 bridgehead atoms. The third kappa shape index (κ3) is 6.53. The van der Waals surface area contributed by atoms with Gasteiger partial charge in [-0.15, -0.1) is 0 Å². The molecule has 2 N–H and O–H groups in total. The van der Waals surface area contributed by atoms with E-state index in [-0.39, 0.29) is 23.4 Å². The highest BCUT2D eigenvalue weighted by atomic mass is 79.9. The number of aromatic nitrogens is 2. The van der Waals surface area contributed by atoms with Crippen molar-refractivity contribution in [2.24, 2.45) is 11.8 Å². The van der Waals surface area contributed by atoms with E-state index < -0.39 is 12.1 Å². The highest BCUT2D eigenvalue weighted by molar-refractivity contribution is 9.10. The van der Waals surface area contributed by atoms with Crippen LogP contribution in [0.5, 0.6) is 0 Å². The van der Waals surface area contributed by atoms with Gasteiger partial charge in [-0.2, -0.15) is 0 Å². The summed E-state index contributed by atoms with van der Waals surface area (Å²) in [6.07, 6.45) is 5.81. The first-order valence-electron chi connectivity index (χ1n) is 11.8. The van der Waals surface area contributed by atoms with Gasteiger partial charge in [0.15, 0.2) is 0 Å². The number of fused-ring (bicyclic) bond motifs is 1. The van der Waals surface area contributed by atoms with E-state index in [0.717, 1.165) is 43.0 Å². The number of amides is 2. The van der Waals surface area contributed by atoms with Crippen LogP contribution in [-0.4, -0.2) is 45.5 Å². The van der Waals surface area contributed by atoms with E-state index in [4.69, 9.17) is 0 Å². The molecule has 1 aliphatic rings. The molecule has 0 radical (unpaired) electrons. The number of methoxy groups -OCH3 is 1. The van der Waals surface area contributed by atoms with Crippen LogP contribution in [0.15, 0.2) is 27.5 Å². The van der Waals surface area contributed by atoms with Crippen molar-refractivity contribution in [2.45, 2.75) is 70.9 Å². The monoisotopic (exact) mass is 552 g/mol. The van der Waals surface area contributed by atoms with Gasteiger partial charge >= 0.3 is 6.09 Å². The van der Waals surface area contributed by atoms with Gasteiger partial charge in [0.2, 0.25) is 0 Å². The number of benzene rings is 1. The number of ether oxygens (including phenoxy) is 1. The maximum Gasteiger partial charge on any atom is 0.407 e. The topological polar surface area (TPSA) is 104 Å². The Morgan fingerprint density at radius 2 is 2.06 bits per heavy atom. The largest absolute Gasteiger partial charge is 0.453 e. The van der Waals surface area contributed by atoms with E-state index in [1.54, 1.807) is 6.07 Å². The number of rotatable bonds is 8.